The van der Waals surface area contributed by atoms with Gasteiger partial charge in [-0.1, -0.05) is 59.9 Å². The van der Waals surface area contributed by atoms with Crippen LogP contribution >= 0.6 is 0 Å². The number of hydrogen-bond donors (Lipinski definition) is 0. The Morgan fingerprint density at radius 3 is 2.24 bits per heavy atom. The maximum atomic E-state index is 12.7. The monoisotopic (exact) mass is 405 g/mol. The van der Waals surface area contributed by atoms with Crippen LogP contribution < -0.4 is 9.08 Å². The maximum Gasteiger partial charge on any atom is 0.339 e. The normalized spacial score (nSPS) is 10.7. The molecule has 4 nitrogen and oxygen atoms in total. The molecule has 0 aromatic heterocycles. The van der Waals surface area contributed by atoms with Gasteiger partial charge in [0.15, 0.2) is 5.75 Å². The van der Waals surface area contributed by atoms with Gasteiger partial charge in [0.1, 0.15) is 4.90 Å². The van der Waals surface area contributed by atoms with E-state index in [-0.39, 0.29) is 10.6 Å². The summed E-state index contributed by atoms with van der Waals surface area (Å²) in [5.41, 5.74) is 2.61. The first-order valence-electron chi connectivity index (χ1n) is 9.38. The van der Waals surface area contributed by atoms with E-state index in [1.807, 2.05) is 61.2 Å². The van der Waals surface area contributed by atoms with E-state index < -0.39 is 10.1 Å². The van der Waals surface area contributed by atoms with Gasteiger partial charge in [0.05, 0.1) is 12.2 Å². The predicted molar refractivity (Wildman–Crippen MR) is 117 cm³/mol. The summed E-state index contributed by atoms with van der Waals surface area (Å²) < 4.78 is 30.9. The highest BCUT2D eigenvalue weighted by molar-refractivity contribution is 7.87. The molecule has 0 atom stereocenters. The Balaban J connectivity index is 1.83. The van der Waals surface area contributed by atoms with E-state index in [0.29, 0.717) is 18.8 Å². The topological polar surface area (TPSA) is 46.6 Å². The lowest BCUT2D eigenvalue weighted by Crippen LogP contribution is -2.24. The van der Waals surface area contributed by atoms with Crippen molar-refractivity contribution in [2.45, 2.75) is 18.7 Å². The molecule has 0 radical (unpaired) electrons. The zero-order chi connectivity index (χ0) is 20.7. The van der Waals surface area contributed by atoms with Crippen molar-refractivity contribution in [2.24, 2.45) is 0 Å². The summed E-state index contributed by atoms with van der Waals surface area (Å²) in [5, 5.41) is 0. The van der Waals surface area contributed by atoms with Gasteiger partial charge < -0.3 is 9.08 Å². The number of hydrogen-bond acceptors (Lipinski definition) is 4. The summed E-state index contributed by atoms with van der Waals surface area (Å²) in [5.74, 6) is 6.57. The number of rotatable bonds is 6. The lowest BCUT2D eigenvalue weighted by molar-refractivity contribution is 0.485. The molecule has 0 aliphatic rings. The first-order valence-corrected chi connectivity index (χ1v) is 10.8. The van der Waals surface area contributed by atoms with Crippen molar-refractivity contribution < 1.29 is 12.6 Å². The molecule has 3 aromatic carbocycles. The second-order valence-corrected chi connectivity index (χ2v) is 8.05. The minimum Gasteiger partial charge on any atom is -0.377 e. The summed E-state index contributed by atoms with van der Waals surface area (Å²) in [7, 11) is -3.92. The number of benzene rings is 3. The van der Waals surface area contributed by atoms with Crippen LogP contribution in [0.3, 0.4) is 0 Å². The average Bonchev–Trinajstić information content (AvgIpc) is 2.73. The SMILES string of the molecule is CCN(CC#Cc1ccccc1)c1ccccc1OS(=O)(=O)c1ccc(C)cc1. The average molecular weight is 406 g/mol. The molecule has 0 N–H and O–H groups in total. The van der Waals surface area contributed by atoms with E-state index in [9.17, 15) is 8.42 Å². The number of aryl methyl sites for hydroxylation is 1. The molecule has 148 valence electrons. The van der Waals surface area contributed by atoms with Crippen LogP contribution in [0.25, 0.3) is 0 Å². The molecular formula is C24H23NO3S. The van der Waals surface area contributed by atoms with Crippen LogP contribution in [0.5, 0.6) is 5.75 Å². The molecule has 0 unspecified atom stereocenters. The van der Waals surface area contributed by atoms with Crippen molar-refractivity contribution in [3.8, 4) is 17.6 Å². The molecule has 3 aromatic rings. The first kappa shape index (κ1) is 20.5. The first-order chi connectivity index (χ1) is 14.0. The third-order valence-electron chi connectivity index (χ3n) is 4.37. The summed E-state index contributed by atoms with van der Waals surface area (Å²) in [6, 6.07) is 23.5. The Hall–Kier alpha value is -3.23. The highest BCUT2D eigenvalue weighted by atomic mass is 32.2. The molecule has 0 saturated carbocycles. The second kappa shape index (κ2) is 9.31. The van der Waals surface area contributed by atoms with Crippen LogP contribution in [0.4, 0.5) is 5.69 Å². The Bertz CT molecular complexity index is 1110. The zero-order valence-corrected chi connectivity index (χ0v) is 17.3. The third kappa shape index (κ3) is 5.40. The molecule has 5 heteroatoms. The molecule has 0 amide bonds. The summed E-state index contributed by atoms with van der Waals surface area (Å²) in [6.45, 7) is 5.02. The fourth-order valence-electron chi connectivity index (χ4n) is 2.79. The minimum atomic E-state index is -3.92. The van der Waals surface area contributed by atoms with Gasteiger partial charge in [-0.3, -0.25) is 0 Å². The fourth-order valence-corrected chi connectivity index (χ4v) is 3.73. The van der Waals surface area contributed by atoms with Crippen LogP contribution in [0.1, 0.15) is 18.1 Å². The van der Waals surface area contributed by atoms with E-state index >= 15 is 0 Å². The molecule has 0 heterocycles. The molecule has 0 fully saturated rings. The van der Waals surface area contributed by atoms with Crippen molar-refractivity contribution in [3.05, 3.63) is 90.0 Å². The van der Waals surface area contributed by atoms with Gasteiger partial charge >= 0.3 is 10.1 Å². The second-order valence-electron chi connectivity index (χ2n) is 6.50. The predicted octanol–water partition coefficient (Wildman–Crippen LogP) is 4.64. The van der Waals surface area contributed by atoms with Gasteiger partial charge in [-0.05, 0) is 50.2 Å². The van der Waals surface area contributed by atoms with Gasteiger partial charge in [-0.15, -0.1) is 0 Å². The Morgan fingerprint density at radius 2 is 1.55 bits per heavy atom. The minimum absolute atomic E-state index is 0.129. The molecule has 0 spiro atoms. The smallest absolute Gasteiger partial charge is 0.339 e. The van der Waals surface area contributed by atoms with Crippen LogP contribution in [-0.4, -0.2) is 21.5 Å². The Kier molecular flexibility index (Phi) is 6.58. The van der Waals surface area contributed by atoms with Crippen LogP contribution in [-0.2, 0) is 10.1 Å². The largest absolute Gasteiger partial charge is 0.377 e. The highest BCUT2D eigenvalue weighted by Gasteiger charge is 2.20. The molecule has 0 bridgehead atoms. The van der Waals surface area contributed by atoms with Gasteiger partial charge in [-0.25, -0.2) is 0 Å². The number of para-hydroxylation sites is 2. The fraction of sp³-hybridized carbons (Fsp3) is 0.167. The summed E-state index contributed by atoms with van der Waals surface area (Å²) in [4.78, 5) is 2.11. The molecule has 0 saturated heterocycles. The standard InChI is InChI=1S/C24H23NO3S/c1-3-25(19-9-12-21-10-5-4-6-11-21)23-13-7-8-14-24(23)28-29(26,27)22-17-15-20(2)16-18-22/h4-8,10-11,13-18H,3,19H2,1-2H3. The van der Waals surface area contributed by atoms with Gasteiger partial charge in [0.25, 0.3) is 0 Å². The summed E-state index contributed by atoms with van der Waals surface area (Å²) >= 11 is 0. The van der Waals surface area contributed by atoms with E-state index in [1.54, 1.807) is 36.4 Å². The zero-order valence-electron chi connectivity index (χ0n) is 16.5. The molecule has 29 heavy (non-hydrogen) atoms. The van der Waals surface area contributed by atoms with E-state index in [4.69, 9.17) is 4.18 Å². The van der Waals surface area contributed by atoms with E-state index in [0.717, 1.165) is 11.1 Å². The van der Waals surface area contributed by atoms with Crippen molar-refractivity contribution in [1.82, 2.24) is 0 Å². The van der Waals surface area contributed by atoms with Crippen molar-refractivity contribution in [2.75, 3.05) is 18.0 Å². The Morgan fingerprint density at radius 1 is 0.897 bits per heavy atom. The summed E-state index contributed by atoms with van der Waals surface area (Å²) in [6.07, 6.45) is 0. The van der Waals surface area contributed by atoms with Gasteiger partial charge in [0.2, 0.25) is 0 Å². The van der Waals surface area contributed by atoms with Crippen molar-refractivity contribution in [3.63, 3.8) is 0 Å². The molecular weight excluding hydrogens is 382 g/mol. The lowest BCUT2D eigenvalue weighted by atomic mass is 10.2. The highest BCUT2D eigenvalue weighted by Crippen LogP contribution is 2.30. The third-order valence-corrected chi connectivity index (χ3v) is 5.62. The number of nitrogens with zero attached hydrogens (tertiary/aromatic N) is 1. The van der Waals surface area contributed by atoms with Gasteiger partial charge in [-0.2, -0.15) is 8.42 Å². The van der Waals surface area contributed by atoms with Crippen LogP contribution in [0.2, 0.25) is 0 Å². The Labute approximate surface area is 172 Å². The van der Waals surface area contributed by atoms with Gasteiger partial charge in [0, 0.05) is 12.1 Å². The van der Waals surface area contributed by atoms with E-state index in [2.05, 4.69) is 11.8 Å². The number of anilines is 1. The molecule has 0 aliphatic heterocycles. The van der Waals surface area contributed by atoms with E-state index in [1.165, 1.54) is 0 Å². The van der Waals surface area contributed by atoms with Crippen molar-refractivity contribution >= 4 is 15.8 Å². The lowest BCUT2D eigenvalue weighted by Gasteiger charge is -2.23. The molecule has 3 rings (SSSR count). The quantitative estimate of drug-likeness (QED) is 0.443. The molecule has 0 aliphatic carbocycles. The maximum absolute atomic E-state index is 12.7. The van der Waals surface area contributed by atoms with Crippen LogP contribution in [0.15, 0.2) is 83.8 Å². The van der Waals surface area contributed by atoms with Crippen molar-refractivity contribution in [1.29, 1.82) is 0 Å². The van der Waals surface area contributed by atoms with Crippen LogP contribution in [0, 0.1) is 18.8 Å².